The maximum atomic E-state index is 9.12. The summed E-state index contributed by atoms with van der Waals surface area (Å²) in [4.78, 5) is 4.51. The van der Waals surface area contributed by atoms with Gasteiger partial charge in [-0.3, -0.25) is 0 Å². The van der Waals surface area contributed by atoms with Gasteiger partial charge in [-0.25, -0.2) is 14.2 Å². The zero-order valence-electron chi connectivity index (χ0n) is 12.2. The van der Waals surface area contributed by atoms with Crippen molar-refractivity contribution in [2.24, 2.45) is 0 Å². The molecule has 4 aromatic rings. The van der Waals surface area contributed by atoms with Crippen molar-refractivity contribution in [3.8, 4) is 23.1 Å². The summed E-state index contributed by atoms with van der Waals surface area (Å²) in [6.45, 7) is 1.94. The highest BCUT2D eigenvalue weighted by Crippen LogP contribution is 2.22. The summed E-state index contributed by atoms with van der Waals surface area (Å²) in [7, 11) is 0. The molecule has 0 radical (unpaired) electrons. The molecule has 0 aliphatic rings. The topological polar surface area (TPSA) is 84.7 Å². The minimum atomic E-state index is 0.431. The molecular formula is C16H11N7. The lowest BCUT2D eigenvalue weighted by atomic mass is 10.2. The predicted molar refractivity (Wildman–Crippen MR) is 82.8 cm³/mol. The molecule has 7 nitrogen and oxygen atoms in total. The molecule has 0 saturated carbocycles. The summed E-state index contributed by atoms with van der Waals surface area (Å²) in [6, 6.07) is 13.7. The largest absolute Gasteiger partial charge is 0.225 e. The van der Waals surface area contributed by atoms with Crippen LogP contribution in [0.5, 0.6) is 0 Å². The lowest BCUT2D eigenvalue weighted by Gasteiger charge is -2.03. The van der Waals surface area contributed by atoms with Gasteiger partial charge in [0.25, 0.3) is 0 Å². The predicted octanol–water partition coefficient (Wildman–Crippen LogP) is 2.16. The molecule has 0 amide bonds. The van der Waals surface area contributed by atoms with Crippen LogP contribution >= 0.6 is 0 Å². The van der Waals surface area contributed by atoms with Crippen molar-refractivity contribution in [2.45, 2.75) is 6.92 Å². The maximum absolute atomic E-state index is 9.12. The Hall–Kier alpha value is -3.53. The van der Waals surface area contributed by atoms with Crippen LogP contribution in [0.15, 0.2) is 48.8 Å². The first-order valence-electron chi connectivity index (χ1n) is 7.00. The van der Waals surface area contributed by atoms with Gasteiger partial charge in [-0.1, -0.05) is 23.4 Å². The third-order valence-electron chi connectivity index (χ3n) is 3.63. The van der Waals surface area contributed by atoms with Gasteiger partial charge in [0.2, 0.25) is 0 Å². The maximum Gasteiger partial charge on any atom is 0.173 e. The van der Waals surface area contributed by atoms with E-state index in [1.807, 2.05) is 43.3 Å². The molecule has 0 spiro atoms. The zero-order chi connectivity index (χ0) is 15.8. The summed E-state index contributed by atoms with van der Waals surface area (Å²) < 4.78 is 3.34. The third kappa shape index (κ3) is 2.05. The Balaban J connectivity index is 1.86. The number of hydrogen-bond donors (Lipinski definition) is 0. The Labute approximate surface area is 131 Å². The number of nitrogens with zero attached hydrogens (tertiary/aromatic N) is 7. The molecule has 4 rings (SSSR count). The number of benzene rings is 1. The Morgan fingerprint density at radius 1 is 1.13 bits per heavy atom. The molecule has 0 N–H and O–H groups in total. The number of hydrogen-bond acceptors (Lipinski definition) is 5. The van der Waals surface area contributed by atoms with Gasteiger partial charge in [-0.05, 0) is 25.1 Å². The molecule has 7 heteroatoms. The van der Waals surface area contributed by atoms with Crippen molar-refractivity contribution in [3.05, 3.63) is 60.0 Å². The van der Waals surface area contributed by atoms with Gasteiger partial charge in [-0.2, -0.15) is 10.4 Å². The van der Waals surface area contributed by atoms with Crippen LogP contribution in [0.2, 0.25) is 0 Å². The number of aromatic nitrogens is 6. The molecule has 0 aliphatic carbocycles. The Morgan fingerprint density at radius 3 is 2.74 bits per heavy atom. The normalized spacial score (nSPS) is 10.8. The molecule has 0 unspecified atom stereocenters. The molecular weight excluding hydrogens is 290 g/mol. The second-order valence-corrected chi connectivity index (χ2v) is 5.02. The molecule has 0 atom stereocenters. The molecule has 110 valence electrons. The van der Waals surface area contributed by atoms with Crippen LogP contribution < -0.4 is 0 Å². The van der Waals surface area contributed by atoms with Gasteiger partial charge < -0.3 is 0 Å². The van der Waals surface area contributed by atoms with Crippen LogP contribution in [0.3, 0.4) is 0 Å². The highest BCUT2D eigenvalue weighted by Gasteiger charge is 2.15. The average Bonchev–Trinajstić information content (AvgIpc) is 3.18. The molecule has 3 aromatic heterocycles. The first-order chi connectivity index (χ1) is 11.3. The highest BCUT2D eigenvalue weighted by molar-refractivity contribution is 5.63. The fourth-order valence-electron chi connectivity index (χ4n) is 2.46. The van der Waals surface area contributed by atoms with Crippen molar-refractivity contribution < 1.29 is 0 Å². The van der Waals surface area contributed by atoms with Crippen LogP contribution in [0, 0.1) is 18.3 Å². The molecule has 0 saturated heterocycles. The molecule has 1 aromatic carbocycles. The van der Waals surface area contributed by atoms with Gasteiger partial charge in [0.15, 0.2) is 5.65 Å². The van der Waals surface area contributed by atoms with Crippen molar-refractivity contribution in [1.29, 1.82) is 5.26 Å². The Bertz CT molecular complexity index is 1040. The van der Waals surface area contributed by atoms with Crippen molar-refractivity contribution in [1.82, 2.24) is 29.6 Å². The van der Waals surface area contributed by atoms with E-state index in [1.54, 1.807) is 15.4 Å². The van der Waals surface area contributed by atoms with Crippen LogP contribution in [-0.2, 0) is 0 Å². The van der Waals surface area contributed by atoms with E-state index in [1.165, 1.54) is 6.20 Å². The lowest BCUT2D eigenvalue weighted by molar-refractivity contribution is 0.785. The second-order valence-electron chi connectivity index (χ2n) is 5.02. The molecule has 0 fully saturated rings. The average molecular weight is 301 g/mol. The number of nitriles is 1. The van der Waals surface area contributed by atoms with Gasteiger partial charge >= 0.3 is 0 Å². The minimum absolute atomic E-state index is 0.431. The Kier molecular flexibility index (Phi) is 2.88. The van der Waals surface area contributed by atoms with E-state index in [-0.39, 0.29) is 0 Å². The van der Waals surface area contributed by atoms with Gasteiger partial charge in [0, 0.05) is 6.20 Å². The van der Waals surface area contributed by atoms with Crippen LogP contribution in [-0.4, -0.2) is 29.6 Å². The Morgan fingerprint density at radius 2 is 1.96 bits per heavy atom. The molecule has 3 heterocycles. The number of para-hydroxylation sites is 1. The van der Waals surface area contributed by atoms with Crippen molar-refractivity contribution >= 4 is 5.65 Å². The standard InChI is InChI=1S/C16H11N7/c1-11-15(20-21-23(11)13-5-3-2-4-6-13)14-7-8-22-16(19-14)12(9-17)10-18-22/h2-8,10H,1H3. The monoisotopic (exact) mass is 301 g/mol. The smallest absolute Gasteiger partial charge is 0.173 e. The van der Waals surface area contributed by atoms with E-state index in [9.17, 15) is 0 Å². The van der Waals surface area contributed by atoms with Gasteiger partial charge in [0.1, 0.15) is 17.3 Å². The van der Waals surface area contributed by atoms with Crippen LogP contribution in [0.25, 0.3) is 22.7 Å². The summed E-state index contributed by atoms with van der Waals surface area (Å²) in [5, 5.41) is 21.7. The number of fused-ring (bicyclic) bond motifs is 1. The van der Waals surface area contributed by atoms with E-state index >= 15 is 0 Å². The quantitative estimate of drug-likeness (QED) is 0.566. The van der Waals surface area contributed by atoms with Crippen molar-refractivity contribution in [2.75, 3.05) is 0 Å². The van der Waals surface area contributed by atoms with Crippen LogP contribution in [0.4, 0.5) is 0 Å². The molecule has 23 heavy (non-hydrogen) atoms. The van der Waals surface area contributed by atoms with E-state index in [2.05, 4.69) is 26.5 Å². The summed E-state index contributed by atoms with van der Waals surface area (Å²) in [5.74, 6) is 0. The molecule has 0 bridgehead atoms. The summed E-state index contributed by atoms with van der Waals surface area (Å²) in [6.07, 6.45) is 3.26. The first-order valence-corrected chi connectivity index (χ1v) is 7.00. The van der Waals surface area contributed by atoms with E-state index in [4.69, 9.17) is 5.26 Å². The lowest BCUT2D eigenvalue weighted by Crippen LogP contribution is -1.99. The molecule has 0 aliphatic heterocycles. The van der Waals surface area contributed by atoms with Gasteiger partial charge in [0.05, 0.1) is 23.3 Å². The van der Waals surface area contributed by atoms with Crippen molar-refractivity contribution in [3.63, 3.8) is 0 Å². The van der Waals surface area contributed by atoms with E-state index in [0.717, 1.165) is 11.4 Å². The van der Waals surface area contributed by atoms with Gasteiger partial charge in [-0.15, -0.1) is 5.10 Å². The summed E-state index contributed by atoms with van der Waals surface area (Å²) in [5.41, 5.74) is 4.10. The fourth-order valence-corrected chi connectivity index (χ4v) is 2.46. The second kappa shape index (κ2) is 5.03. The fraction of sp³-hybridized carbons (Fsp3) is 0.0625. The van der Waals surface area contributed by atoms with Crippen LogP contribution in [0.1, 0.15) is 11.3 Å². The SMILES string of the molecule is Cc1c(-c2ccn3ncc(C#N)c3n2)nnn1-c1ccccc1. The minimum Gasteiger partial charge on any atom is -0.225 e. The third-order valence-corrected chi connectivity index (χ3v) is 3.63. The number of rotatable bonds is 2. The first kappa shape index (κ1) is 13.2. The summed E-state index contributed by atoms with van der Waals surface area (Å²) >= 11 is 0. The highest BCUT2D eigenvalue weighted by atomic mass is 15.4. The zero-order valence-corrected chi connectivity index (χ0v) is 12.2. The van der Waals surface area contributed by atoms with E-state index < -0.39 is 0 Å². The van der Waals surface area contributed by atoms with E-state index in [0.29, 0.717) is 22.6 Å².